The zero-order valence-corrected chi connectivity index (χ0v) is 20.1. The van der Waals surface area contributed by atoms with Crippen molar-refractivity contribution in [3.8, 4) is 11.1 Å². The molecule has 4 rings (SSSR count). The summed E-state index contributed by atoms with van der Waals surface area (Å²) in [7, 11) is 0. The van der Waals surface area contributed by atoms with E-state index in [1.54, 1.807) is 18.5 Å². The van der Waals surface area contributed by atoms with Crippen LogP contribution in [-0.4, -0.2) is 41.3 Å². The molecule has 0 radical (unpaired) electrons. The van der Waals surface area contributed by atoms with Crippen LogP contribution in [0.25, 0.3) is 21.3 Å². The van der Waals surface area contributed by atoms with Crippen molar-refractivity contribution in [2.45, 2.75) is 40.3 Å². The second-order valence-electron chi connectivity index (χ2n) is 7.61. The molecule has 188 valence electrons. The van der Waals surface area contributed by atoms with Gasteiger partial charge in [0.1, 0.15) is 21.6 Å². The van der Waals surface area contributed by atoms with Crippen molar-refractivity contribution < 1.29 is 23.3 Å². The van der Waals surface area contributed by atoms with Crippen molar-refractivity contribution in [3.63, 3.8) is 0 Å². The standard InChI is InChI=1S/C21H20F2N8O4S/c1-4-29-9(3)11(7-25-29)10-6-12(18(22)23)27-21-14(10)15(17(36-21)19(24)32)28-20(33)16-13(31(34)35)8-26-30(16)5-2/h6-8,18H,4-5H2,1-3H3,(H2,24,32)(H,28,33). The van der Waals surface area contributed by atoms with Crippen LogP contribution in [0.4, 0.5) is 20.2 Å². The number of aromatic nitrogens is 5. The van der Waals surface area contributed by atoms with E-state index in [1.165, 1.54) is 12.3 Å². The molecule has 0 bridgehead atoms. The zero-order valence-electron chi connectivity index (χ0n) is 19.3. The number of aryl methyl sites for hydroxylation is 2. The van der Waals surface area contributed by atoms with Crippen molar-refractivity contribution in [2.75, 3.05) is 5.32 Å². The highest BCUT2D eigenvalue weighted by molar-refractivity contribution is 7.21. The summed E-state index contributed by atoms with van der Waals surface area (Å²) in [6, 6.07) is 1.17. The number of nitro groups is 1. The Labute approximate surface area is 205 Å². The number of hydrogen-bond donors (Lipinski definition) is 2. The van der Waals surface area contributed by atoms with E-state index >= 15 is 0 Å². The van der Waals surface area contributed by atoms with Gasteiger partial charge in [-0.15, -0.1) is 11.3 Å². The zero-order chi connectivity index (χ0) is 26.3. The summed E-state index contributed by atoms with van der Waals surface area (Å²) >= 11 is 0.733. The molecular weight excluding hydrogens is 498 g/mol. The van der Waals surface area contributed by atoms with Crippen molar-refractivity contribution in [1.29, 1.82) is 0 Å². The third-order valence-electron chi connectivity index (χ3n) is 5.59. The van der Waals surface area contributed by atoms with E-state index in [9.17, 15) is 28.5 Å². The van der Waals surface area contributed by atoms with E-state index in [0.717, 1.165) is 22.2 Å². The Morgan fingerprint density at radius 3 is 2.42 bits per heavy atom. The molecule has 36 heavy (non-hydrogen) atoms. The lowest BCUT2D eigenvalue weighted by Crippen LogP contribution is -2.21. The summed E-state index contributed by atoms with van der Waals surface area (Å²) in [6.07, 6.45) is -0.468. The van der Waals surface area contributed by atoms with E-state index < -0.39 is 34.5 Å². The number of pyridine rings is 1. The predicted octanol–water partition coefficient (Wildman–Crippen LogP) is 3.90. The summed E-state index contributed by atoms with van der Waals surface area (Å²) in [5, 5.41) is 22.3. The number of hydrogen-bond acceptors (Lipinski definition) is 8. The third-order valence-corrected chi connectivity index (χ3v) is 6.69. The maximum Gasteiger partial charge on any atom is 0.320 e. The van der Waals surface area contributed by atoms with Crippen LogP contribution in [0.1, 0.15) is 51.8 Å². The van der Waals surface area contributed by atoms with E-state index in [4.69, 9.17) is 5.73 Å². The molecule has 4 heterocycles. The molecular formula is C21H20F2N8O4S. The first-order chi connectivity index (χ1) is 17.1. The molecule has 0 aliphatic carbocycles. The lowest BCUT2D eigenvalue weighted by molar-refractivity contribution is -0.385. The summed E-state index contributed by atoms with van der Waals surface area (Å²) in [4.78, 5) is 40.1. The Kier molecular flexibility index (Phi) is 6.49. The smallest absolute Gasteiger partial charge is 0.320 e. The fraction of sp³-hybridized carbons (Fsp3) is 0.286. The van der Waals surface area contributed by atoms with Crippen molar-refractivity contribution >= 4 is 44.7 Å². The number of halogens is 2. The number of amides is 2. The van der Waals surface area contributed by atoms with Gasteiger partial charge in [-0.3, -0.25) is 29.1 Å². The van der Waals surface area contributed by atoms with E-state index in [0.29, 0.717) is 17.8 Å². The Morgan fingerprint density at radius 2 is 1.86 bits per heavy atom. The first-order valence-corrected chi connectivity index (χ1v) is 11.5. The first-order valence-electron chi connectivity index (χ1n) is 10.7. The minimum absolute atomic E-state index is 0.0362. The highest BCUT2D eigenvalue weighted by Crippen LogP contribution is 2.43. The average Bonchev–Trinajstić information content (AvgIpc) is 3.53. The van der Waals surface area contributed by atoms with Gasteiger partial charge in [-0.05, 0) is 32.4 Å². The molecule has 0 spiro atoms. The molecule has 3 N–H and O–H groups in total. The average molecular weight is 519 g/mol. The predicted molar refractivity (Wildman–Crippen MR) is 127 cm³/mol. The van der Waals surface area contributed by atoms with Crippen LogP contribution in [-0.2, 0) is 13.1 Å². The fourth-order valence-electron chi connectivity index (χ4n) is 3.92. The Hall–Kier alpha value is -4.27. The summed E-state index contributed by atoms with van der Waals surface area (Å²) in [5.41, 5.74) is 5.46. The van der Waals surface area contributed by atoms with Crippen molar-refractivity contribution in [3.05, 3.63) is 50.5 Å². The van der Waals surface area contributed by atoms with Gasteiger partial charge in [0.25, 0.3) is 18.2 Å². The second-order valence-corrected chi connectivity index (χ2v) is 8.61. The number of thiophene rings is 1. The molecule has 0 fully saturated rings. The number of carbonyl (C=O) groups excluding carboxylic acids is 2. The minimum Gasteiger partial charge on any atom is -0.365 e. The van der Waals surface area contributed by atoms with E-state index in [-0.39, 0.29) is 38.6 Å². The molecule has 0 atom stereocenters. The Bertz CT molecular complexity index is 1520. The van der Waals surface area contributed by atoms with Gasteiger partial charge in [0, 0.05) is 29.7 Å². The lowest BCUT2D eigenvalue weighted by Gasteiger charge is -2.11. The van der Waals surface area contributed by atoms with Crippen molar-refractivity contribution in [1.82, 2.24) is 24.5 Å². The quantitative estimate of drug-likeness (QED) is 0.264. The van der Waals surface area contributed by atoms with Crippen molar-refractivity contribution in [2.24, 2.45) is 5.73 Å². The topological polar surface area (TPSA) is 164 Å². The monoisotopic (exact) mass is 518 g/mol. The molecule has 0 unspecified atom stereocenters. The molecule has 2 amide bonds. The minimum atomic E-state index is -2.91. The second kappa shape index (κ2) is 9.41. The van der Waals surface area contributed by atoms with Gasteiger partial charge >= 0.3 is 5.69 Å². The van der Waals surface area contributed by atoms with Gasteiger partial charge in [-0.1, -0.05) is 0 Å². The first kappa shape index (κ1) is 24.8. The highest BCUT2D eigenvalue weighted by Gasteiger charge is 2.30. The number of nitrogens with two attached hydrogens (primary N) is 1. The number of carbonyl (C=O) groups is 2. The number of rotatable bonds is 8. The molecule has 12 nitrogen and oxygen atoms in total. The molecule has 15 heteroatoms. The molecule has 0 saturated carbocycles. The SMILES string of the molecule is CCn1ncc(-c2cc(C(F)F)nc3sc(C(N)=O)c(NC(=O)c4c([N+](=O)[O-])cnn4CC)c23)c1C. The van der Waals surface area contributed by atoms with Gasteiger partial charge in [0.2, 0.25) is 5.69 Å². The fourth-order valence-corrected chi connectivity index (χ4v) is 4.93. The normalized spacial score (nSPS) is 11.4. The number of nitrogens with one attached hydrogen (secondary N) is 1. The molecule has 0 aliphatic heterocycles. The van der Waals surface area contributed by atoms with Crippen LogP contribution in [0.15, 0.2) is 18.5 Å². The highest BCUT2D eigenvalue weighted by atomic mass is 32.1. The maximum absolute atomic E-state index is 13.7. The summed E-state index contributed by atoms with van der Waals surface area (Å²) < 4.78 is 30.2. The number of nitrogens with zero attached hydrogens (tertiary/aromatic N) is 6. The molecule has 0 aliphatic rings. The van der Waals surface area contributed by atoms with Crippen LogP contribution in [0, 0.1) is 17.0 Å². The summed E-state index contributed by atoms with van der Waals surface area (Å²) in [6.45, 7) is 5.94. The largest absolute Gasteiger partial charge is 0.365 e. The molecule has 4 aromatic rings. The number of fused-ring (bicyclic) bond motifs is 1. The number of primary amides is 1. The Balaban J connectivity index is 1.99. The molecule has 0 saturated heterocycles. The summed E-state index contributed by atoms with van der Waals surface area (Å²) in [5.74, 6) is -1.86. The van der Waals surface area contributed by atoms with Gasteiger partial charge in [-0.25, -0.2) is 13.8 Å². The Morgan fingerprint density at radius 1 is 1.19 bits per heavy atom. The number of anilines is 1. The van der Waals surface area contributed by atoms with E-state index in [2.05, 4.69) is 20.5 Å². The van der Waals surface area contributed by atoms with Gasteiger partial charge in [0.15, 0.2) is 0 Å². The maximum atomic E-state index is 13.7. The van der Waals surface area contributed by atoms with Crippen LogP contribution < -0.4 is 11.1 Å². The lowest BCUT2D eigenvalue weighted by atomic mass is 10.0. The van der Waals surface area contributed by atoms with E-state index in [1.807, 2.05) is 6.92 Å². The van der Waals surface area contributed by atoms with Crippen LogP contribution in [0.2, 0.25) is 0 Å². The van der Waals surface area contributed by atoms with Gasteiger partial charge in [0.05, 0.1) is 16.8 Å². The molecule has 4 aromatic heterocycles. The van der Waals surface area contributed by atoms with Crippen LogP contribution in [0.5, 0.6) is 0 Å². The molecule has 0 aromatic carbocycles. The number of alkyl halides is 2. The van der Waals surface area contributed by atoms with Gasteiger partial charge < -0.3 is 11.1 Å². The third kappa shape index (κ3) is 4.06. The van der Waals surface area contributed by atoms with Crippen LogP contribution >= 0.6 is 11.3 Å². The van der Waals surface area contributed by atoms with Gasteiger partial charge in [-0.2, -0.15) is 10.2 Å². The van der Waals surface area contributed by atoms with Crippen LogP contribution in [0.3, 0.4) is 0 Å².